The van der Waals surface area contributed by atoms with Crippen molar-refractivity contribution in [2.45, 2.75) is 6.92 Å². The van der Waals surface area contributed by atoms with Gasteiger partial charge in [0.05, 0.1) is 12.8 Å². The summed E-state index contributed by atoms with van der Waals surface area (Å²) in [6.45, 7) is 2.45. The molecule has 3 nitrogen and oxygen atoms in total. The van der Waals surface area contributed by atoms with Crippen LogP contribution in [0.4, 0.5) is 0 Å². The molecule has 4 heteroatoms. The van der Waals surface area contributed by atoms with Crippen molar-refractivity contribution >= 4 is 21.7 Å². The smallest absolute Gasteiger partial charge is 0.194 e. The summed E-state index contributed by atoms with van der Waals surface area (Å²) in [5, 5.41) is 0. The van der Waals surface area contributed by atoms with Crippen LogP contribution in [0.15, 0.2) is 47.2 Å². The van der Waals surface area contributed by atoms with Crippen LogP contribution in [-0.2, 0) is 0 Å². The van der Waals surface area contributed by atoms with Crippen molar-refractivity contribution in [2.75, 3.05) is 6.61 Å². The molecule has 0 saturated heterocycles. The zero-order chi connectivity index (χ0) is 13.0. The van der Waals surface area contributed by atoms with Crippen LogP contribution >= 0.6 is 15.9 Å². The monoisotopic (exact) mass is 305 g/mol. The number of ether oxygens (including phenoxy) is 1. The Bertz CT molecular complexity index is 552. The van der Waals surface area contributed by atoms with Crippen LogP contribution in [0.1, 0.15) is 22.8 Å². The second-order valence-corrected chi connectivity index (χ2v) is 4.59. The van der Waals surface area contributed by atoms with E-state index in [9.17, 15) is 4.79 Å². The Balaban J connectivity index is 2.28. The van der Waals surface area contributed by atoms with E-state index in [0.29, 0.717) is 23.5 Å². The van der Waals surface area contributed by atoms with E-state index < -0.39 is 0 Å². The molecule has 1 heterocycles. The molecule has 0 unspecified atom stereocenters. The van der Waals surface area contributed by atoms with Crippen LogP contribution in [-0.4, -0.2) is 17.4 Å². The molecule has 0 N–H and O–H groups in total. The number of nitrogens with zero attached hydrogens (tertiary/aromatic N) is 1. The van der Waals surface area contributed by atoms with E-state index >= 15 is 0 Å². The van der Waals surface area contributed by atoms with Gasteiger partial charge in [0.25, 0.3) is 0 Å². The van der Waals surface area contributed by atoms with Gasteiger partial charge in [-0.05, 0) is 37.3 Å². The number of hydrogen-bond acceptors (Lipinski definition) is 3. The van der Waals surface area contributed by atoms with Crippen LogP contribution in [0.3, 0.4) is 0 Å². The molecule has 0 aliphatic heterocycles. The number of rotatable bonds is 4. The molecule has 0 fully saturated rings. The first-order valence-electron chi connectivity index (χ1n) is 5.59. The minimum Gasteiger partial charge on any atom is -0.492 e. The van der Waals surface area contributed by atoms with Gasteiger partial charge in [-0.25, -0.2) is 0 Å². The SMILES string of the molecule is CCOc1cncc(C(=O)c2ccc(Br)cc2)c1. The first-order valence-corrected chi connectivity index (χ1v) is 6.38. The fourth-order valence-electron chi connectivity index (χ4n) is 1.56. The highest BCUT2D eigenvalue weighted by molar-refractivity contribution is 9.10. The molecular weight excluding hydrogens is 294 g/mol. The Hall–Kier alpha value is -1.68. The molecule has 18 heavy (non-hydrogen) atoms. The first-order chi connectivity index (χ1) is 8.70. The fourth-order valence-corrected chi connectivity index (χ4v) is 1.82. The minimum atomic E-state index is -0.0587. The van der Waals surface area contributed by atoms with E-state index in [0.717, 1.165) is 4.47 Å². The van der Waals surface area contributed by atoms with Gasteiger partial charge in [0.1, 0.15) is 5.75 Å². The topological polar surface area (TPSA) is 39.2 Å². The Kier molecular flexibility index (Phi) is 4.10. The van der Waals surface area contributed by atoms with Crippen molar-refractivity contribution in [3.8, 4) is 5.75 Å². The largest absolute Gasteiger partial charge is 0.492 e. The third kappa shape index (κ3) is 2.96. The molecule has 1 aromatic carbocycles. The lowest BCUT2D eigenvalue weighted by atomic mass is 10.1. The molecule has 0 spiro atoms. The number of ketones is 1. The Labute approximate surface area is 114 Å². The molecule has 92 valence electrons. The molecule has 0 radical (unpaired) electrons. The van der Waals surface area contributed by atoms with Crippen molar-refractivity contribution < 1.29 is 9.53 Å². The number of pyridine rings is 1. The maximum absolute atomic E-state index is 12.2. The van der Waals surface area contributed by atoms with Gasteiger partial charge in [0, 0.05) is 21.8 Å². The highest BCUT2D eigenvalue weighted by Gasteiger charge is 2.10. The van der Waals surface area contributed by atoms with Gasteiger partial charge in [0.2, 0.25) is 0 Å². The molecule has 1 aromatic heterocycles. The van der Waals surface area contributed by atoms with Gasteiger partial charge in [-0.15, -0.1) is 0 Å². The van der Waals surface area contributed by atoms with Gasteiger partial charge in [-0.3, -0.25) is 9.78 Å². The summed E-state index contributed by atoms with van der Waals surface area (Å²) < 4.78 is 6.27. The van der Waals surface area contributed by atoms with Gasteiger partial charge in [-0.2, -0.15) is 0 Å². The number of benzene rings is 1. The number of carbonyl (C=O) groups is 1. The van der Waals surface area contributed by atoms with E-state index in [4.69, 9.17) is 4.74 Å². The second kappa shape index (κ2) is 5.78. The number of halogens is 1. The standard InChI is InChI=1S/C14H12BrNO2/c1-2-18-13-7-11(8-16-9-13)14(17)10-3-5-12(15)6-4-10/h3-9H,2H2,1H3. The number of aromatic nitrogens is 1. The zero-order valence-electron chi connectivity index (χ0n) is 9.89. The molecular formula is C14H12BrNO2. The molecule has 0 aliphatic rings. The third-order valence-corrected chi connectivity index (χ3v) is 2.92. The average Bonchev–Trinajstić information content (AvgIpc) is 2.39. The number of hydrogen-bond donors (Lipinski definition) is 0. The molecule has 0 saturated carbocycles. The summed E-state index contributed by atoms with van der Waals surface area (Å²) >= 11 is 3.34. The lowest BCUT2D eigenvalue weighted by Gasteiger charge is -2.05. The maximum atomic E-state index is 12.2. The highest BCUT2D eigenvalue weighted by Crippen LogP contribution is 2.17. The Morgan fingerprint density at radius 1 is 1.22 bits per heavy atom. The van der Waals surface area contributed by atoms with Crippen LogP contribution in [0.5, 0.6) is 5.75 Å². The van der Waals surface area contributed by atoms with E-state index in [-0.39, 0.29) is 5.78 Å². The predicted octanol–water partition coefficient (Wildman–Crippen LogP) is 3.47. The number of carbonyl (C=O) groups excluding carboxylic acids is 1. The van der Waals surface area contributed by atoms with Crippen LogP contribution < -0.4 is 4.74 Å². The van der Waals surface area contributed by atoms with E-state index in [1.54, 1.807) is 30.6 Å². The van der Waals surface area contributed by atoms with Crippen molar-refractivity contribution in [3.63, 3.8) is 0 Å². The summed E-state index contributed by atoms with van der Waals surface area (Å²) in [5.74, 6) is 0.553. The highest BCUT2D eigenvalue weighted by atomic mass is 79.9. The lowest BCUT2D eigenvalue weighted by Crippen LogP contribution is -2.02. The predicted molar refractivity (Wildman–Crippen MR) is 73.0 cm³/mol. The van der Waals surface area contributed by atoms with Crippen LogP contribution in [0, 0.1) is 0 Å². The zero-order valence-corrected chi connectivity index (χ0v) is 11.5. The summed E-state index contributed by atoms with van der Waals surface area (Å²) in [7, 11) is 0. The van der Waals surface area contributed by atoms with Gasteiger partial charge >= 0.3 is 0 Å². The van der Waals surface area contributed by atoms with Crippen LogP contribution in [0.2, 0.25) is 0 Å². The van der Waals surface area contributed by atoms with Crippen molar-refractivity contribution in [1.29, 1.82) is 0 Å². The van der Waals surface area contributed by atoms with Crippen molar-refractivity contribution in [1.82, 2.24) is 4.98 Å². The Morgan fingerprint density at radius 3 is 2.61 bits per heavy atom. The van der Waals surface area contributed by atoms with E-state index in [2.05, 4.69) is 20.9 Å². The van der Waals surface area contributed by atoms with Crippen molar-refractivity contribution in [2.24, 2.45) is 0 Å². The molecule has 0 bridgehead atoms. The molecule has 0 amide bonds. The van der Waals surface area contributed by atoms with Gasteiger partial charge in [-0.1, -0.05) is 15.9 Å². The fraction of sp³-hybridized carbons (Fsp3) is 0.143. The minimum absolute atomic E-state index is 0.0587. The summed E-state index contributed by atoms with van der Waals surface area (Å²) in [6.07, 6.45) is 3.15. The first kappa shape index (κ1) is 12.8. The Morgan fingerprint density at radius 2 is 1.94 bits per heavy atom. The van der Waals surface area contributed by atoms with E-state index in [1.165, 1.54) is 0 Å². The molecule has 0 atom stereocenters. The maximum Gasteiger partial charge on any atom is 0.194 e. The van der Waals surface area contributed by atoms with E-state index in [1.807, 2.05) is 19.1 Å². The molecule has 0 aliphatic carbocycles. The van der Waals surface area contributed by atoms with Gasteiger partial charge < -0.3 is 4.74 Å². The second-order valence-electron chi connectivity index (χ2n) is 3.68. The van der Waals surface area contributed by atoms with Crippen LogP contribution in [0.25, 0.3) is 0 Å². The summed E-state index contributed by atoms with van der Waals surface area (Å²) in [5.41, 5.74) is 1.16. The average molecular weight is 306 g/mol. The molecule has 2 rings (SSSR count). The quantitative estimate of drug-likeness (QED) is 0.812. The summed E-state index contributed by atoms with van der Waals surface area (Å²) in [6, 6.07) is 8.94. The lowest BCUT2D eigenvalue weighted by molar-refractivity contribution is 0.103. The van der Waals surface area contributed by atoms with Crippen molar-refractivity contribution in [3.05, 3.63) is 58.3 Å². The normalized spacial score (nSPS) is 10.1. The third-order valence-electron chi connectivity index (χ3n) is 2.39. The summed E-state index contributed by atoms with van der Waals surface area (Å²) in [4.78, 5) is 16.2. The van der Waals surface area contributed by atoms with Gasteiger partial charge in [0.15, 0.2) is 5.78 Å². The molecule has 2 aromatic rings.